The molecule has 134 valence electrons. The molecular weight excluding hydrogens is 384 g/mol. The molecule has 0 unspecified atom stereocenters. The Morgan fingerprint density at radius 1 is 1.08 bits per heavy atom. The molecule has 0 spiro atoms. The van der Waals surface area contributed by atoms with Crippen molar-refractivity contribution in [2.45, 2.75) is 9.24 Å². The maximum absolute atomic E-state index is 11.3. The van der Waals surface area contributed by atoms with Gasteiger partial charge in [-0.3, -0.25) is 20.2 Å². The highest BCUT2D eigenvalue weighted by molar-refractivity contribution is 8.01. The Morgan fingerprint density at radius 2 is 1.65 bits per heavy atom. The molecule has 0 aliphatic rings. The Kier molecular flexibility index (Phi) is 5.50. The number of carbonyl (C=O) groups is 1. The van der Waals surface area contributed by atoms with Gasteiger partial charge in [0.2, 0.25) is 0 Å². The van der Waals surface area contributed by atoms with Crippen LogP contribution in [0, 0.1) is 20.2 Å². The molecule has 0 saturated carbocycles. The third kappa shape index (κ3) is 3.61. The smallest absolute Gasteiger partial charge is 0.291 e. The van der Waals surface area contributed by atoms with Crippen molar-refractivity contribution in [3.8, 4) is 0 Å². The number of nitro groups is 2. The van der Waals surface area contributed by atoms with Crippen LogP contribution in [0.4, 0.5) is 11.4 Å². The molecule has 0 bridgehead atoms. The number of carboxylic acids is 1. The lowest BCUT2D eigenvalue weighted by Gasteiger charge is -2.06. The van der Waals surface area contributed by atoms with Gasteiger partial charge in [0.15, 0.2) is 9.24 Å². The standard InChI is InChI=1S/C14H7N3O6S2.H3N/c18-13(19)7-5-9(16(20)21)12(10(6-7)17(22)23)25-14-15-8-3-1-2-4-11(8)24-14;/h1-6H,(H,18,19);1H3. The van der Waals surface area contributed by atoms with E-state index in [1.165, 1.54) is 11.3 Å². The fourth-order valence-electron chi connectivity index (χ4n) is 2.07. The Bertz CT molecular complexity index is 967. The van der Waals surface area contributed by atoms with Crippen LogP contribution in [-0.2, 0) is 0 Å². The lowest BCUT2D eigenvalue weighted by molar-refractivity contribution is -0.399. The van der Waals surface area contributed by atoms with Crippen molar-refractivity contribution in [3.63, 3.8) is 0 Å². The zero-order chi connectivity index (χ0) is 18.1. The molecule has 0 atom stereocenters. The van der Waals surface area contributed by atoms with Gasteiger partial charge in [0.25, 0.3) is 11.4 Å². The molecule has 0 amide bonds. The lowest BCUT2D eigenvalue weighted by Crippen LogP contribution is -2.22. The van der Waals surface area contributed by atoms with E-state index < -0.39 is 32.8 Å². The van der Waals surface area contributed by atoms with Crippen LogP contribution in [0.1, 0.15) is 10.4 Å². The molecule has 26 heavy (non-hydrogen) atoms. The van der Waals surface area contributed by atoms with E-state index >= 15 is 0 Å². The van der Waals surface area contributed by atoms with Crippen molar-refractivity contribution in [2.24, 2.45) is 0 Å². The van der Waals surface area contributed by atoms with Crippen molar-refractivity contribution in [1.82, 2.24) is 11.1 Å². The average Bonchev–Trinajstić information content (AvgIpc) is 2.96. The van der Waals surface area contributed by atoms with E-state index in [0.29, 0.717) is 9.86 Å². The summed E-state index contributed by atoms with van der Waals surface area (Å²) in [7, 11) is 0. The van der Waals surface area contributed by atoms with Gasteiger partial charge in [0.1, 0.15) is 0 Å². The lowest BCUT2D eigenvalue weighted by atomic mass is 10.2. The number of carbonyl (C=O) groups excluding carboxylic acids is 1. The summed E-state index contributed by atoms with van der Waals surface area (Å²) in [6.45, 7) is 0. The number of rotatable bonds is 5. The third-order valence-corrected chi connectivity index (χ3v) is 5.36. The Morgan fingerprint density at radius 3 is 2.15 bits per heavy atom. The molecule has 0 aliphatic carbocycles. The highest BCUT2D eigenvalue weighted by Gasteiger charge is 2.29. The van der Waals surface area contributed by atoms with Crippen molar-refractivity contribution >= 4 is 50.7 Å². The molecule has 3 rings (SSSR count). The molecule has 1 heterocycles. The van der Waals surface area contributed by atoms with E-state index in [9.17, 15) is 30.1 Å². The van der Waals surface area contributed by atoms with E-state index in [4.69, 9.17) is 0 Å². The van der Waals surface area contributed by atoms with E-state index in [1.54, 1.807) is 24.3 Å². The Labute approximate surface area is 153 Å². The third-order valence-electron chi connectivity index (χ3n) is 3.14. The highest BCUT2D eigenvalue weighted by atomic mass is 32.2. The topological polar surface area (TPSA) is 176 Å². The van der Waals surface area contributed by atoms with Gasteiger partial charge >= 0.3 is 0 Å². The maximum atomic E-state index is 11.3. The number of quaternary nitrogens is 1. The SMILES string of the molecule is O=C([O-])c1cc([N+](=O)[O-])c(Sc2nc3ccccc3s2)c([N+](=O)[O-])c1.[NH4+]. The van der Waals surface area contributed by atoms with E-state index in [1.807, 2.05) is 0 Å². The van der Waals surface area contributed by atoms with Crippen LogP contribution in [0.25, 0.3) is 10.2 Å². The first-order valence-corrected chi connectivity index (χ1v) is 8.21. The molecule has 12 heteroatoms. The molecule has 10 nitrogen and oxygen atoms in total. The zero-order valence-electron chi connectivity index (χ0n) is 13.1. The fourth-order valence-corrected chi connectivity index (χ4v) is 4.25. The monoisotopic (exact) mass is 394 g/mol. The molecule has 0 fully saturated rings. The Hall–Kier alpha value is -3.09. The second-order valence-corrected chi connectivity index (χ2v) is 6.98. The predicted octanol–water partition coefficient (Wildman–Crippen LogP) is 3.00. The number of para-hydroxylation sites is 1. The number of aromatic carboxylic acids is 1. The Balaban J connectivity index is 0.00000243. The van der Waals surface area contributed by atoms with Gasteiger partial charge < -0.3 is 16.1 Å². The number of thiazole rings is 1. The molecular formula is C14H10N4O6S2. The quantitative estimate of drug-likeness (QED) is 0.507. The first-order chi connectivity index (χ1) is 11.9. The van der Waals surface area contributed by atoms with Crippen LogP contribution in [-0.4, -0.2) is 20.8 Å². The van der Waals surface area contributed by atoms with Gasteiger partial charge in [-0.1, -0.05) is 12.1 Å². The molecule has 4 N–H and O–H groups in total. The summed E-state index contributed by atoms with van der Waals surface area (Å²) < 4.78 is 1.19. The summed E-state index contributed by atoms with van der Waals surface area (Å²) >= 11 is 1.98. The minimum Gasteiger partial charge on any atom is -0.545 e. The number of fused-ring (bicyclic) bond motifs is 1. The summed E-state index contributed by atoms with van der Waals surface area (Å²) in [5.74, 6) is -1.73. The molecule has 0 saturated heterocycles. The van der Waals surface area contributed by atoms with Gasteiger partial charge in [-0.05, 0) is 23.9 Å². The normalized spacial score (nSPS) is 10.3. The predicted molar refractivity (Wildman–Crippen MR) is 93.8 cm³/mol. The first-order valence-electron chi connectivity index (χ1n) is 6.58. The largest absolute Gasteiger partial charge is 0.545 e. The maximum Gasteiger partial charge on any atom is 0.291 e. The van der Waals surface area contributed by atoms with Crippen LogP contribution in [0.3, 0.4) is 0 Å². The number of hydrogen-bond acceptors (Lipinski definition) is 9. The molecule has 2 aromatic carbocycles. The van der Waals surface area contributed by atoms with Gasteiger partial charge in [-0.2, -0.15) is 0 Å². The van der Waals surface area contributed by atoms with Crippen LogP contribution < -0.4 is 11.3 Å². The van der Waals surface area contributed by atoms with Gasteiger partial charge in [0, 0.05) is 17.7 Å². The summed E-state index contributed by atoms with van der Waals surface area (Å²) in [6, 6.07) is 8.62. The average molecular weight is 394 g/mol. The van der Waals surface area contributed by atoms with Crippen molar-refractivity contribution < 1.29 is 19.7 Å². The number of aromatic nitrogens is 1. The molecule has 3 aromatic rings. The number of nitro benzene ring substituents is 2. The van der Waals surface area contributed by atoms with Crippen LogP contribution in [0.2, 0.25) is 0 Å². The minimum atomic E-state index is -1.73. The van der Waals surface area contributed by atoms with Gasteiger partial charge in [-0.15, -0.1) is 11.3 Å². The summed E-state index contributed by atoms with van der Waals surface area (Å²) in [6.07, 6.45) is 0. The van der Waals surface area contributed by atoms with Crippen LogP contribution in [0.5, 0.6) is 0 Å². The summed E-state index contributed by atoms with van der Waals surface area (Å²) in [5, 5.41) is 33.5. The van der Waals surface area contributed by atoms with Crippen LogP contribution in [0.15, 0.2) is 45.6 Å². The first kappa shape index (κ1) is 19.2. The van der Waals surface area contributed by atoms with Crippen molar-refractivity contribution in [1.29, 1.82) is 0 Å². The summed E-state index contributed by atoms with van der Waals surface area (Å²) in [4.78, 5) is 35.8. The molecule has 0 radical (unpaired) electrons. The molecule has 0 aliphatic heterocycles. The highest BCUT2D eigenvalue weighted by Crippen LogP contribution is 2.44. The van der Waals surface area contributed by atoms with E-state index in [0.717, 1.165) is 28.6 Å². The zero-order valence-corrected chi connectivity index (χ0v) is 14.7. The van der Waals surface area contributed by atoms with Crippen molar-refractivity contribution in [2.75, 3.05) is 0 Å². The molecule has 1 aromatic heterocycles. The van der Waals surface area contributed by atoms with Crippen molar-refractivity contribution in [3.05, 3.63) is 62.2 Å². The number of nitrogens with zero attached hydrogens (tertiary/aromatic N) is 3. The van der Waals surface area contributed by atoms with E-state index in [-0.39, 0.29) is 11.0 Å². The minimum absolute atomic E-state index is 0. The second-order valence-electron chi connectivity index (χ2n) is 4.69. The van der Waals surface area contributed by atoms with Gasteiger partial charge in [-0.25, -0.2) is 4.98 Å². The summed E-state index contributed by atoms with van der Waals surface area (Å²) in [5.41, 5.74) is -1.34. The number of benzene rings is 2. The number of hydrogen-bond donors (Lipinski definition) is 1. The number of carboxylic acid groups (broad SMARTS) is 1. The second kappa shape index (κ2) is 7.43. The van der Waals surface area contributed by atoms with Gasteiger partial charge in [0.05, 0.1) is 26.0 Å². The van der Waals surface area contributed by atoms with Crippen LogP contribution >= 0.6 is 23.1 Å². The van der Waals surface area contributed by atoms with E-state index in [2.05, 4.69) is 4.98 Å². The fraction of sp³-hybridized carbons (Fsp3) is 0.